The molecule has 23 heteroatoms. The standard InChI is InChI=1S/C57H83N13O10/c1-4-30-80-48-23-20-39(66-56(76)46(18-7-11-28-60)69-52(72)36-14-13-15-38(31-36)65-54(74)44(62)16-5-9-26-58)32-37(48)35-64-45(17-6-10-27-59)55(75)67-41-22-25-50(79-3)43(34-41)53(73)70-47(19-8-12-29-61)57(77)68-40-21-24-49(78-2)42(33-40)51(63)71/h13-15,20-25,31-34,44-47,64H,4-12,16-19,26-30,35,58-62H2,1-3H3,(H2,63,71)(H,65,74)(H,66,76)(H,67,75)(H,68,77)(H,69,72)(H,70,73). The van der Waals surface area contributed by atoms with Crippen LogP contribution in [0.15, 0.2) is 78.9 Å². The number of anilines is 4. The third kappa shape index (κ3) is 21.2. The van der Waals surface area contributed by atoms with Gasteiger partial charge in [0.05, 0.1) is 44.0 Å². The first-order valence-electron chi connectivity index (χ1n) is 27.3. The third-order valence-electron chi connectivity index (χ3n) is 12.9. The summed E-state index contributed by atoms with van der Waals surface area (Å²) in [5.74, 6) is -2.86. The molecule has 436 valence electrons. The van der Waals surface area contributed by atoms with Crippen molar-refractivity contribution in [2.24, 2.45) is 34.4 Å². The maximum absolute atomic E-state index is 14.2. The highest BCUT2D eigenvalue weighted by atomic mass is 16.5. The molecular weight excluding hydrogens is 1030 g/mol. The van der Waals surface area contributed by atoms with Gasteiger partial charge >= 0.3 is 0 Å². The summed E-state index contributed by atoms with van der Waals surface area (Å²) in [6, 6.07) is 17.0. The molecule has 7 amide bonds. The molecule has 4 aromatic carbocycles. The predicted octanol–water partition coefficient (Wildman–Crippen LogP) is 3.94. The predicted molar refractivity (Wildman–Crippen MR) is 310 cm³/mol. The quantitative estimate of drug-likeness (QED) is 0.0284. The van der Waals surface area contributed by atoms with Crippen LogP contribution in [0.4, 0.5) is 22.7 Å². The van der Waals surface area contributed by atoms with E-state index in [1.165, 1.54) is 50.6 Å². The molecule has 0 saturated heterocycles. The molecule has 19 N–H and O–H groups in total. The molecular formula is C57H83N13O10. The van der Waals surface area contributed by atoms with Crippen LogP contribution in [0.3, 0.4) is 0 Å². The van der Waals surface area contributed by atoms with Gasteiger partial charge in [-0.3, -0.25) is 33.6 Å². The Morgan fingerprint density at radius 1 is 0.500 bits per heavy atom. The molecule has 0 aliphatic carbocycles. The number of hydrogen-bond acceptors (Lipinski definition) is 16. The van der Waals surface area contributed by atoms with E-state index in [9.17, 15) is 33.6 Å². The minimum atomic E-state index is -1.05. The number of unbranched alkanes of at least 4 members (excludes halogenated alkanes) is 4. The molecule has 23 nitrogen and oxygen atoms in total. The van der Waals surface area contributed by atoms with Gasteiger partial charge in [-0.25, -0.2) is 0 Å². The number of ether oxygens (including phenoxy) is 3. The zero-order valence-corrected chi connectivity index (χ0v) is 46.3. The number of benzene rings is 4. The Hall–Kier alpha value is -7.67. The number of hydrogen-bond donors (Lipinski definition) is 13. The first kappa shape index (κ1) is 64.9. The number of carbonyl (C=O) groups excluding carboxylic acids is 7. The summed E-state index contributed by atoms with van der Waals surface area (Å²) in [5.41, 5.74) is 36.8. The van der Waals surface area contributed by atoms with Gasteiger partial charge in [-0.2, -0.15) is 0 Å². The van der Waals surface area contributed by atoms with Crippen LogP contribution in [0, 0.1) is 0 Å². The number of nitrogens with one attached hydrogen (secondary N) is 7. The van der Waals surface area contributed by atoms with Crippen molar-refractivity contribution in [1.82, 2.24) is 16.0 Å². The van der Waals surface area contributed by atoms with Gasteiger partial charge in [0.1, 0.15) is 29.3 Å². The molecule has 4 rings (SSSR count). The monoisotopic (exact) mass is 1110 g/mol. The van der Waals surface area contributed by atoms with Crippen LogP contribution in [-0.2, 0) is 25.7 Å². The van der Waals surface area contributed by atoms with Gasteiger partial charge in [0, 0.05) is 40.4 Å². The smallest absolute Gasteiger partial charge is 0.255 e. The third-order valence-corrected chi connectivity index (χ3v) is 12.9. The second-order valence-electron chi connectivity index (χ2n) is 19.1. The number of rotatable bonds is 37. The maximum Gasteiger partial charge on any atom is 0.255 e. The largest absolute Gasteiger partial charge is 0.496 e. The molecule has 4 unspecified atom stereocenters. The Labute approximate surface area is 468 Å². The topological polar surface area (TPSA) is 388 Å². The molecule has 4 atom stereocenters. The van der Waals surface area contributed by atoms with E-state index in [0.29, 0.717) is 120 Å². The summed E-state index contributed by atoms with van der Waals surface area (Å²) >= 11 is 0. The molecule has 0 bridgehead atoms. The van der Waals surface area contributed by atoms with Crippen molar-refractivity contribution < 1.29 is 47.8 Å². The van der Waals surface area contributed by atoms with E-state index >= 15 is 0 Å². The molecule has 0 aliphatic heterocycles. The molecule has 80 heavy (non-hydrogen) atoms. The summed E-state index contributed by atoms with van der Waals surface area (Å²) < 4.78 is 16.9. The van der Waals surface area contributed by atoms with Crippen LogP contribution in [0.1, 0.15) is 127 Å². The van der Waals surface area contributed by atoms with Gasteiger partial charge in [0.25, 0.3) is 17.7 Å². The minimum Gasteiger partial charge on any atom is -0.496 e. The average molecular weight is 1110 g/mol. The fourth-order valence-electron chi connectivity index (χ4n) is 8.44. The Morgan fingerprint density at radius 2 is 0.950 bits per heavy atom. The van der Waals surface area contributed by atoms with E-state index in [4.69, 9.17) is 48.6 Å². The van der Waals surface area contributed by atoms with Crippen molar-refractivity contribution >= 4 is 64.1 Å². The van der Waals surface area contributed by atoms with Crippen LogP contribution < -0.4 is 85.8 Å². The van der Waals surface area contributed by atoms with Gasteiger partial charge in [0.15, 0.2) is 0 Å². The minimum absolute atomic E-state index is 0.0402. The molecule has 0 heterocycles. The molecule has 0 fully saturated rings. The fourth-order valence-corrected chi connectivity index (χ4v) is 8.44. The van der Waals surface area contributed by atoms with Crippen LogP contribution in [0.25, 0.3) is 0 Å². The average Bonchev–Trinajstić information content (AvgIpc) is 3.46. The summed E-state index contributed by atoms with van der Waals surface area (Å²) in [5, 5.41) is 20.4. The van der Waals surface area contributed by atoms with Gasteiger partial charge < -0.3 is 85.8 Å². The number of nitrogens with two attached hydrogens (primary N) is 6. The lowest BCUT2D eigenvalue weighted by Crippen LogP contribution is -2.44. The number of carbonyl (C=O) groups is 7. The second kappa shape index (κ2) is 35.1. The van der Waals surface area contributed by atoms with Gasteiger partial charge in [-0.05, 0) is 170 Å². The van der Waals surface area contributed by atoms with Crippen molar-refractivity contribution in [1.29, 1.82) is 0 Å². The van der Waals surface area contributed by atoms with Crippen LogP contribution >= 0.6 is 0 Å². The molecule has 4 aromatic rings. The zero-order chi connectivity index (χ0) is 58.4. The maximum atomic E-state index is 14.2. The van der Waals surface area contributed by atoms with Crippen molar-refractivity contribution in [3.63, 3.8) is 0 Å². The zero-order valence-electron chi connectivity index (χ0n) is 46.3. The molecule has 0 saturated carbocycles. The van der Waals surface area contributed by atoms with Gasteiger partial charge in [0.2, 0.25) is 23.6 Å². The molecule has 0 aliphatic rings. The first-order chi connectivity index (χ1) is 38.6. The van der Waals surface area contributed by atoms with E-state index in [2.05, 4.69) is 37.2 Å². The Kier molecular flexibility index (Phi) is 28.4. The first-order valence-corrected chi connectivity index (χ1v) is 27.3. The summed E-state index contributed by atoms with van der Waals surface area (Å²) in [6.45, 7) is 4.16. The van der Waals surface area contributed by atoms with E-state index in [-0.39, 0.29) is 59.0 Å². The van der Waals surface area contributed by atoms with E-state index < -0.39 is 65.5 Å². The Morgan fingerprint density at radius 3 is 1.48 bits per heavy atom. The van der Waals surface area contributed by atoms with Gasteiger partial charge in [-0.15, -0.1) is 0 Å². The molecule has 0 aromatic heterocycles. The highest BCUT2D eigenvalue weighted by Crippen LogP contribution is 2.27. The van der Waals surface area contributed by atoms with Crippen molar-refractivity contribution in [3.8, 4) is 17.2 Å². The fraction of sp³-hybridized carbons (Fsp3) is 0.456. The number of amides is 7. The van der Waals surface area contributed by atoms with Crippen molar-refractivity contribution in [3.05, 3.63) is 101 Å². The summed E-state index contributed by atoms with van der Waals surface area (Å²) in [7, 11) is 2.78. The Bertz CT molecular complexity index is 2670. The lowest BCUT2D eigenvalue weighted by atomic mass is 10.1. The SMILES string of the molecule is CCCOc1ccc(NC(=O)C(CCCCN)NC(=O)c2cccc(NC(=O)C(N)CCCCN)c2)cc1CNC(CCCCN)C(=O)Nc1ccc(OC)c(C(=O)NC(CCCCN)C(=O)Nc2ccc(OC)c(C(N)=O)c2)c1. The van der Waals surface area contributed by atoms with Crippen molar-refractivity contribution in [2.75, 3.05) is 68.3 Å². The normalized spacial score (nSPS) is 12.4. The lowest BCUT2D eigenvalue weighted by Gasteiger charge is -2.22. The Balaban J connectivity index is 1.53. The molecule has 0 radical (unpaired) electrons. The van der Waals surface area contributed by atoms with Crippen LogP contribution in [-0.4, -0.2) is 113 Å². The van der Waals surface area contributed by atoms with Gasteiger partial charge in [-0.1, -0.05) is 25.8 Å². The van der Waals surface area contributed by atoms with Crippen LogP contribution in [0.2, 0.25) is 0 Å². The summed E-state index contributed by atoms with van der Waals surface area (Å²) in [6.07, 6.45) is 7.02. The molecule has 0 spiro atoms. The summed E-state index contributed by atoms with van der Waals surface area (Å²) in [4.78, 5) is 94.6. The lowest BCUT2D eigenvalue weighted by molar-refractivity contribution is -0.119. The van der Waals surface area contributed by atoms with E-state index in [0.717, 1.165) is 6.42 Å². The van der Waals surface area contributed by atoms with Crippen molar-refractivity contribution in [2.45, 2.75) is 121 Å². The van der Waals surface area contributed by atoms with E-state index in [1.807, 2.05) is 6.92 Å². The second-order valence-corrected chi connectivity index (χ2v) is 19.1. The highest BCUT2D eigenvalue weighted by molar-refractivity contribution is 6.05. The number of primary amides is 1. The number of methoxy groups -OCH3 is 2. The van der Waals surface area contributed by atoms with Crippen LogP contribution in [0.5, 0.6) is 17.2 Å². The van der Waals surface area contributed by atoms with E-state index in [1.54, 1.807) is 42.5 Å². The highest BCUT2D eigenvalue weighted by Gasteiger charge is 2.27.